The summed E-state index contributed by atoms with van der Waals surface area (Å²) in [7, 11) is 0. The molecule has 0 fully saturated rings. The van der Waals surface area contributed by atoms with Crippen LogP contribution < -0.4 is 5.32 Å². The first-order valence-corrected chi connectivity index (χ1v) is 11.1. The third-order valence-electron chi connectivity index (χ3n) is 5.18. The van der Waals surface area contributed by atoms with E-state index in [1.807, 2.05) is 18.3 Å². The Morgan fingerprint density at radius 3 is 2.90 bits per heavy atom. The first-order chi connectivity index (χ1) is 14.7. The largest absolute Gasteiger partial charge is 0.441 e. The van der Waals surface area contributed by atoms with E-state index in [9.17, 15) is 4.79 Å². The van der Waals surface area contributed by atoms with Crippen LogP contribution in [0.25, 0.3) is 11.1 Å². The lowest BCUT2D eigenvalue weighted by atomic mass is 10.1. The molecular weight excluding hydrogens is 396 g/mol. The summed E-state index contributed by atoms with van der Waals surface area (Å²) in [6, 6.07) is 15.8. The van der Waals surface area contributed by atoms with Gasteiger partial charge >= 0.3 is 0 Å². The number of imidazole rings is 1. The molecule has 30 heavy (non-hydrogen) atoms. The molecule has 2 aromatic carbocycles. The molecule has 6 nitrogen and oxygen atoms in total. The van der Waals surface area contributed by atoms with E-state index in [2.05, 4.69) is 44.1 Å². The summed E-state index contributed by atoms with van der Waals surface area (Å²) in [5, 5.41) is 3.98. The van der Waals surface area contributed by atoms with E-state index in [1.165, 1.54) is 5.56 Å². The molecule has 0 saturated carbocycles. The maximum atomic E-state index is 12.6. The summed E-state index contributed by atoms with van der Waals surface area (Å²) in [5.41, 5.74) is 4.20. The lowest BCUT2D eigenvalue weighted by Gasteiger charge is -2.03. The van der Waals surface area contributed by atoms with Crippen LogP contribution in [-0.2, 0) is 25.9 Å². The van der Waals surface area contributed by atoms with Crippen molar-refractivity contribution in [2.45, 2.75) is 37.5 Å². The molecule has 1 amide bonds. The number of amides is 1. The minimum atomic E-state index is -0.133. The molecule has 1 aliphatic rings. The van der Waals surface area contributed by atoms with Crippen molar-refractivity contribution in [1.82, 2.24) is 19.9 Å². The van der Waals surface area contributed by atoms with Gasteiger partial charge in [-0.1, -0.05) is 42.1 Å². The minimum absolute atomic E-state index is 0.133. The number of fused-ring (bicyclic) bond motifs is 2. The topological polar surface area (TPSA) is 73.0 Å². The number of benzene rings is 2. The van der Waals surface area contributed by atoms with Crippen LogP contribution in [0.3, 0.4) is 0 Å². The van der Waals surface area contributed by atoms with Gasteiger partial charge in [-0.2, -0.15) is 0 Å². The Bertz CT molecular complexity index is 1160. The molecule has 1 N–H and O–H groups in total. The van der Waals surface area contributed by atoms with Gasteiger partial charge in [0.15, 0.2) is 16.6 Å². The van der Waals surface area contributed by atoms with E-state index in [1.54, 1.807) is 23.9 Å². The number of hydrogen-bond acceptors (Lipinski definition) is 5. The lowest BCUT2D eigenvalue weighted by Crippen LogP contribution is -2.22. The lowest BCUT2D eigenvalue weighted by molar-refractivity contribution is 0.0950. The summed E-state index contributed by atoms with van der Waals surface area (Å²) in [4.78, 5) is 21.7. The second-order valence-corrected chi connectivity index (χ2v) is 8.43. The third-order valence-corrected chi connectivity index (χ3v) is 6.15. The van der Waals surface area contributed by atoms with Crippen LogP contribution in [0.15, 0.2) is 64.3 Å². The number of carbonyl (C=O) groups excluding carboxylic acids is 1. The normalized spacial score (nSPS) is 12.9. The van der Waals surface area contributed by atoms with Crippen molar-refractivity contribution >= 4 is 28.8 Å². The quantitative estimate of drug-likeness (QED) is 0.486. The summed E-state index contributed by atoms with van der Waals surface area (Å²) in [6.45, 7) is 1.40. The Morgan fingerprint density at radius 2 is 2.03 bits per heavy atom. The highest BCUT2D eigenvalue weighted by molar-refractivity contribution is 7.99. The van der Waals surface area contributed by atoms with Gasteiger partial charge in [0.1, 0.15) is 5.52 Å². The van der Waals surface area contributed by atoms with E-state index in [0.717, 1.165) is 47.9 Å². The molecule has 0 aliphatic carbocycles. The average Bonchev–Trinajstić information content (AvgIpc) is 3.46. The molecule has 2 aromatic heterocycles. The maximum absolute atomic E-state index is 12.6. The fraction of sp³-hybridized carbons (Fsp3) is 0.261. The number of aryl methyl sites for hydroxylation is 3. The first kappa shape index (κ1) is 18.9. The van der Waals surface area contributed by atoms with Crippen LogP contribution >= 0.6 is 11.8 Å². The molecule has 3 heterocycles. The zero-order valence-electron chi connectivity index (χ0n) is 16.5. The number of oxazole rings is 1. The molecule has 0 spiro atoms. The smallest absolute Gasteiger partial charge is 0.251 e. The van der Waals surface area contributed by atoms with Gasteiger partial charge in [0.05, 0.1) is 12.2 Å². The molecular formula is C23H22N4O2S. The molecule has 152 valence electrons. The van der Waals surface area contributed by atoms with Gasteiger partial charge in [-0.15, -0.1) is 0 Å². The highest BCUT2D eigenvalue weighted by Gasteiger charge is 2.15. The van der Waals surface area contributed by atoms with Crippen molar-refractivity contribution in [2.24, 2.45) is 0 Å². The van der Waals surface area contributed by atoms with Crippen molar-refractivity contribution in [1.29, 1.82) is 0 Å². The minimum Gasteiger partial charge on any atom is -0.441 e. The number of nitrogens with zero attached hydrogens (tertiary/aromatic N) is 3. The number of aromatic nitrogens is 3. The maximum Gasteiger partial charge on any atom is 0.251 e. The van der Waals surface area contributed by atoms with Gasteiger partial charge in [-0.25, -0.2) is 9.97 Å². The number of nitrogens with one attached hydrogen (secondary N) is 1. The van der Waals surface area contributed by atoms with Crippen LogP contribution in [0, 0.1) is 0 Å². The van der Waals surface area contributed by atoms with Crippen molar-refractivity contribution in [3.63, 3.8) is 0 Å². The zero-order chi connectivity index (χ0) is 20.3. The summed E-state index contributed by atoms with van der Waals surface area (Å²) in [6.07, 6.45) is 4.74. The first-order valence-electron chi connectivity index (χ1n) is 10.1. The Labute approximate surface area is 178 Å². The van der Waals surface area contributed by atoms with E-state index in [-0.39, 0.29) is 5.91 Å². The molecule has 0 atom stereocenters. The van der Waals surface area contributed by atoms with E-state index in [4.69, 9.17) is 4.42 Å². The number of hydrogen-bond donors (Lipinski definition) is 1. The number of rotatable bonds is 7. The molecule has 0 unspecified atom stereocenters. The van der Waals surface area contributed by atoms with Gasteiger partial charge in [0.25, 0.3) is 5.91 Å². The number of thioether (sulfide) groups is 1. The average molecular weight is 419 g/mol. The standard InChI is InChI=1S/C23H22N4O2S/c28-22(24-14-18-15-27-11-12-30-23(27)25-18)17-9-10-20-19(13-17)26-21(29-20)8-4-7-16-5-2-1-3-6-16/h1-3,5-6,9-10,13,15H,4,7-8,11-12,14H2,(H,24,28). The Morgan fingerprint density at radius 1 is 1.13 bits per heavy atom. The third kappa shape index (κ3) is 4.11. The van der Waals surface area contributed by atoms with Crippen molar-refractivity contribution < 1.29 is 9.21 Å². The van der Waals surface area contributed by atoms with Crippen LogP contribution in [0.1, 0.15) is 33.9 Å². The predicted molar refractivity (Wildman–Crippen MR) is 117 cm³/mol. The zero-order valence-corrected chi connectivity index (χ0v) is 17.3. The van der Waals surface area contributed by atoms with E-state index >= 15 is 0 Å². The number of carbonyl (C=O) groups is 1. The van der Waals surface area contributed by atoms with E-state index in [0.29, 0.717) is 23.6 Å². The van der Waals surface area contributed by atoms with Gasteiger partial charge in [-0.05, 0) is 36.6 Å². The summed E-state index contributed by atoms with van der Waals surface area (Å²) >= 11 is 1.75. The van der Waals surface area contributed by atoms with Crippen LogP contribution in [0.2, 0.25) is 0 Å². The molecule has 7 heteroatoms. The molecule has 1 aliphatic heterocycles. The Balaban J connectivity index is 1.20. The second kappa shape index (κ2) is 8.36. The highest BCUT2D eigenvalue weighted by Crippen LogP contribution is 2.24. The fourth-order valence-electron chi connectivity index (χ4n) is 3.63. The van der Waals surface area contributed by atoms with Crippen molar-refractivity contribution in [2.75, 3.05) is 5.75 Å². The second-order valence-electron chi connectivity index (χ2n) is 7.37. The monoisotopic (exact) mass is 418 g/mol. The predicted octanol–water partition coefficient (Wildman–Crippen LogP) is 4.24. The van der Waals surface area contributed by atoms with Gasteiger partial charge in [-0.3, -0.25) is 4.79 Å². The van der Waals surface area contributed by atoms with E-state index < -0.39 is 0 Å². The van der Waals surface area contributed by atoms with Crippen LogP contribution in [0.4, 0.5) is 0 Å². The molecule has 5 rings (SSSR count). The summed E-state index contributed by atoms with van der Waals surface area (Å²) in [5.74, 6) is 1.65. The van der Waals surface area contributed by atoms with Crippen LogP contribution in [-0.4, -0.2) is 26.2 Å². The van der Waals surface area contributed by atoms with Crippen LogP contribution in [0.5, 0.6) is 0 Å². The molecule has 0 saturated heterocycles. The van der Waals surface area contributed by atoms with Crippen molar-refractivity contribution in [3.05, 3.63) is 77.4 Å². The molecule has 0 radical (unpaired) electrons. The SMILES string of the molecule is O=C(NCc1cn2c(n1)SCC2)c1ccc2oc(CCCc3ccccc3)nc2c1. The highest BCUT2D eigenvalue weighted by atomic mass is 32.2. The molecule has 4 aromatic rings. The summed E-state index contributed by atoms with van der Waals surface area (Å²) < 4.78 is 7.98. The van der Waals surface area contributed by atoms with Gasteiger partial charge in [0.2, 0.25) is 0 Å². The Kier molecular flexibility index (Phi) is 5.27. The van der Waals surface area contributed by atoms with Gasteiger partial charge in [0, 0.05) is 30.5 Å². The molecule has 0 bridgehead atoms. The Hall–Kier alpha value is -3.06. The van der Waals surface area contributed by atoms with Crippen molar-refractivity contribution in [3.8, 4) is 0 Å². The fourth-order valence-corrected chi connectivity index (χ4v) is 4.59. The van der Waals surface area contributed by atoms with Gasteiger partial charge < -0.3 is 14.3 Å².